The largest absolute Gasteiger partial charge is 0.207 e. The first kappa shape index (κ1) is 17.2. The molecule has 0 saturated heterocycles. The first-order chi connectivity index (χ1) is 11.9. The molecule has 2 aliphatic carbocycles. The van der Waals surface area contributed by atoms with Crippen LogP contribution in [-0.4, -0.2) is 0 Å². The Labute approximate surface area is 151 Å². The number of hydrogen-bond donors (Lipinski definition) is 0. The van der Waals surface area contributed by atoms with Crippen molar-refractivity contribution in [3.8, 4) is 0 Å². The number of fused-ring (bicyclic) bond motifs is 2. The van der Waals surface area contributed by atoms with Gasteiger partial charge < -0.3 is 0 Å². The minimum Gasteiger partial charge on any atom is -0.207 e. The molecule has 2 aliphatic rings. The standard InChI is InChI=1S/C21H22ClF3/c1-11-2-3-13-7-14(5-4-12(13)6-11)17-9-15-8-16(23)10-18(24)19(15)21(25)20(17)22/h8-14H,2-7H2,1H3/t11-,12?,13-,14?/m1/s1. The highest BCUT2D eigenvalue weighted by Crippen LogP contribution is 2.49. The van der Waals surface area contributed by atoms with Gasteiger partial charge in [-0.1, -0.05) is 24.9 Å². The van der Waals surface area contributed by atoms with Gasteiger partial charge in [0.1, 0.15) is 11.6 Å². The summed E-state index contributed by atoms with van der Waals surface area (Å²) in [5.41, 5.74) is 0.716. The Bertz CT molecular complexity index is 817. The van der Waals surface area contributed by atoms with Gasteiger partial charge >= 0.3 is 0 Å². The number of hydrogen-bond acceptors (Lipinski definition) is 0. The summed E-state index contributed by atoms with van der Waals surface area (Å²) < 4.78 is 42.2. The lowest BCUT2D eigenvalue weighted by molar-refractivity contribution is 0.124. The third-order valence-electron chi connectivity index (χ3n) is 6.38. The molecule has 2 saturated carbocycles. The summed E-state index contributed by atoms with van der Waals surface area (Å²) in [4.78, 5) is 0. The van der Waals surface area contributed by atoms with Gasteiger partial charge in [0, 0.05) is 6.07 Å². The van der Waals surface area contributed by atoms with E-state index in [1.807, 2.05) is 0 Å². The molecule has 4 heteroatoms. The van der Waals surface area contributed by atoms with Crippen molar-refractivity contribution < 1.29 is 13.2 Å². The lowest BCUT2D eigenvalue weighted by Gasteiger charge is -2.41. The second-order valence-electron chi connectivity index (χ2n) is 8.03. The van der Waals surface area contributed by atoms with E-state index in [1.54, 1.807) is 6.07 Å². The highest BCUT2D eigenvalue weighted by molar-refractivity contribution is 6.32. The van der Waals surface area contributed by atoms with Crippen molar-refractivity contribution in [2.24, 2.45) is 17.8 Å². The van der Waals surface area contributed by atoms with E-state index < -0.39 is 17.5 Å². The first-order valence-electron chi connectivity index (χ1n) is 9.20. The molecule has 0 nitrogen and oxygen atoms in total. The van der Waals surface area contributed by atoms with Crippen LogP contribution >= 0.6 is 11.6 Å². The lowest BCUT2D eigenvalue weighted by atomic mass is 9.64. The Morgan fingerprint density at radius 2 is 1.64 bits per heavy atom. The van der Waals surface area contributed by atoms with Crippen LogP contribution in [0.5, 0.6) is 0 Å². The van der Waals surface area contributed by atoms with E-state index in [0.29, 0.717) is 17.5 Å². The lowest BCUT2D eigenvalue weighted by Crippen LogP contribution is -2.29. The van der Waals surface area contributed by atoms with Crippen LogP contribution < -0.4 is 0 Å². The van der Waals surface area contributed by atoms with E-state index in [9.17, 15) is 13.2 Å². The third kappa shape index (κ3) is 3.05. The number of rotatable bonds is 1. The zero-order valence-corrected chi connectivity index (χ0v) is 15.1. The summed E-state index contributed by atoms with van der Waals surface area (Å²) in [6.07, 6.45) is 6.86. The van der Waals surface area contributed by atoms with Crippen LogP contribution in [0.4, 0.5) is 13.2 Å². The van der Waals surface area contributed by atoms with Crippen molar-refractivity contribution in [2.75, 3.05) is 0 Å². The second kappa shape index (κ2) is 6.50. The van der Waals surface area contributed by atoms with Gasteiger partial charge in [0.25, 0.3) is 0 Å². The van der Waals surface area contributed by atoms with Crippen molar-refractivity contribution >= 4 is 22.4 Å². The Morgan fingerprint density at radius 3 is 2.44 bits per heavy atom. The molecule has 0 spiro atoms. The van der Waals surface area contributed by atoms with E-state index in [2.05, 4.69) is 6.92 Å². The van der Waals surface area contributed by atoms with Crippen molar-refractivity contribution in [3.63, 3.8) is 0 Å². The van der Waals surface area contributed by atoms with Gasteiger partial charge in [-0.15, -0.1) is 0 Å². The predicted molar refractivity (Wildman–Crippen MR) is 95.4 cm³/mol. The molecule has 2 fully saturated rings. The summed E-state index contributed by atoms with van der Waals surface area (Å²) in [7, 11) is 0. The Balaban J connectivity index is 1.71. The molecular weight excluding hydrogens is 345 g/mol. The van der Waals surface area contributed by atoms with Crippen LogP contribution in [0.1, 0.15) is 56.9 Å². The van der Waals surface area contributed by atoms with Crippen LogP contribution in [0.2, 0.25) is 5.02 Å². The maximum atomic E-state index is 14.7. The second-order valence-corrected chi connectivity index (χ2v) is 8.41. The quantitative estimate of drug-likeness (QED) is 0.499. The van der Waals surface area contributed by atoms with Gasteiger partial charge in [-0.3, -0.25) is 0 Å². The molecule has 25 heavy (non-hydrogen) atoms. The van der Waals surface area contributed by atoms with Crippen molar-refractivity contribution in [3.05, 3.63) is 46.2 Å². The van der Waals surface area contributed by atoms with Crippen LogP contribution in [0, 0.1) is 35.2 Å². The molecule has 4 rings (SSSR count). The van der Waals surface area contributed by atoms with E-state index in [1.165, 1.54) is 25.3 Å². The van der Waals surface area contributed by atoms with Gasteiger partial charge in [0.2, 0.25) is 0 Å². The molecule has 0 aliphatic heterocycles. The zero-order chi connectivity index (χ0) is 17.7. The molecule has 2 aromatic carbocycles. The number of halogens is 4. The smallest absolute Gasteiger partial charge is 0.152 e. The predicted octanol–water partition coefficient (Wildman–Crippen LogP) is 7.23. The minimum absolute atomic E-state index is 0.00522. The van der Waals surface area contributed by atoms with Crippen molar-refractivity contribution in [2.45, 2.75) is 51.4 Å². The molecule has 0 amide bonds. The molecule has 134 valence electrons. The summed E-state index contributed by atoms with van der Waals surface area (Å²) in [6.45, 7) is 2.32. The Hall–Kier alpha value is -1.22. The van der Waals surface area contributed by atoms with Gasteiger partial charge in [-0.05, 0) is 78.9 Å². The maximum Gasteiger partial charge on any atom is 0.152 e. The SMILES string of the molecule is C[C@@H]1CC[C@@H]2CC(c3cc4cc(F)cc(F)c4c(F)c3Cl)CCC2C1. The third-order valence-corrected chi connectivity index (χ3v) is 6.76. The minimum atomic E-state index is -0.897. The van der Waals surface area contributed by atoms with E-state index in [0.717, 1.165) is 31.1 Å². The summed E-state index contributed by atoms with van der Waals surface area (Å²) in [5.74, 6) is 0.0467. The molecule has 2 unspecified atom stereocenters. The molecule has 0 bridgehead atoms. The van der Waals surface area contributed by atoms with Gasteiger partial charge in [-0.25, -0.2) is 13.2 Å². The van der Waals surface area contributed by atoms with Crippen LogP contribution in [0.3, 0.4) is 0 Å². The zero-order valence-electron chi connectivity index (χ0n) is 14.3. The average Bonchev–Trinajstić information content (AvgIpc) is 2.57. The molecular formula is C21H22ClF3. The molecule has 2 aromatic rings. The summed E-state index contributed by atoms with van der Waals surface area (Å²) in [6, 6.07) is 3.59. The van der Waals surface area contributed by atoms with Crippen LogP contribution in [-0.2, 0) is 0 Å². The average molecular weight is 367 g/mol. The van der Waals surface area contributed by atoms with Gasteiger partial charge in [-0.2, -0.15) is 0 Å². The summed E-state index contributed by atoms with van der Waals surface area (Å²) in [5, 5.41) is 0.0507. The molecule has 0 N–H and O–H groups in total. The summed E-state index contributed by atoms with van der Waals surface area (Å²) >= 11 is 6.28. The monoisotopic (exact) mass is 366 g/mol. The Morgan fingerprint density at radius 1 is 0.920 bits per heavy atom. The molecule has 0 heterocycles. The van der Waals surface area contributed by atoms with Gasteiger partial charge in [0.05, 0.1) is 10.4 Å². The van der Waals surface area contributed by atoms with E-state index >= 15 is 0 Å². The topological polar surface area (TPSA) is 0 Å². The highest BCUT2D eigenvalue weighted by Gasteiger charge is 2.36. The highest BCUT2D eigenvalue weighted by atomic mass is 35.5. The normalized spacial score (nSPS) is 29.6. The molecule has 0 aromatic heterocycles. The van der Waals surface area contributed by atoms with Gasteiger partial charge in [0.15, 0.2) is 5.82 Å². The van der Waals surface area contributed by atoms with E-state index in [-0.39, 0.29) is 21.7 Å². The number of benzene rings is 2. The molecule has 4 atom stereocenters. The van der Waals surface area contributed by atoms with E-state index in [4.69, 9.17) is 11.6 Å². The maximum absolute atomic E-state index is 14.7. The first-order valence-corrected chi connectivity index (χ1v) is 9.58. The fourth-order valence-electron chi connectivity index (χ4n) is 5.11. The Kier molecular flexibility index (Phi) is 4.47. The van der Waals surface area contributed by atoms with Crippen molar-refractivity contribution in [1.82, 2.24) is 0 Å². The van der Waals surface area contributed by atoms with Crippen LogP contribution in [0.25, 0.3) is 10.8 Å². The fraction of sp³-hybridized carbons (Fsp3) is 0.524. The van der Waals surface area contributed by atoms with Crippen molar-refractivity contribution in [1.29, 1.82) is 0 Å². The van der Waals surface area contributed by atoms with Crippen LogP contribution in [0.15, 0.2) is 18.2 Å². The fourth-order valence-corrected chi connectivity index (χ4v) is 5.41. The molecule has 0 radical (unpaired) electrons.